The number of phenolic OH excluding ortho intramolecular Hbond substituents is 1. The zero-order valence-electron chi connectivity index (χ0n) is 19.5. The van der Waals surface area contributed by atoms with Gasteiger partial charge in [-0.15, -0.1) is 0 Å². The number of fused-ring (bicyclic) bond motifs is 3. The topological polar surface area (TPSA) is 170 Å². The Balaban J connectivity index is 1.50. The summed E-state index contributed by atoms with van der Waals surface area (Å²) in [4.78, 5) is 38.4. The lowest BCUT2D eigenvalue weighted by atomic mass is 9.57. The molecule has 5 rings (SSSR count). The quantitative estimate of drug-likeness (QED) is 0.336. The SMILES string of the molecule is NC(=O)C1C(=O)[C@@]2(O)C(O)=C3C(=O)c4c(O)ccc(CNCc5ccccc5)c4C[C@H]3C[C@H]2CC1O. The van der Waals surface area contributed by atoms with Crippen LogP contribution in [0.25, 0.3) is 0 Å². The fraction of sp³-hybridized carbons (Fsp3) is 0.370. The summed E-state index contributed by atoms with van der Waals surface area (Å²) in [5.41, 5.74) is 5.23. The fourth-order valence-electron chi connectivity index (χ4n) is 6.09. The summed E-state index contributed by atoms with van der Waals surface area (Å²) in [5, 5.41) is 46.7. The summed E-state index contributed by atoms with van der Waals surface area (Å²) in [6.45, 7) is 1.04. The molecular weight excluding hydrogens is 464 g/mol. The Morgan fingerprint density at radius 1 is 1.06 bits per heavy atom. The highest BCUT2D eigenvalue weighted by atomic mass is 16.3. The Bertz CT molecular complexity index is 1290. The van der Waals surface area contributed by atoms with E-state index in [1.165, 1.54) is 6.07 Å². The molecule has 0 spiro atoms. The first-order valence-corrected chi connectivity index (χ1v) is 11.9. The molecule has 0 heterocycles. The van der Waals surface area contributed by atoms with E-state index < -0.39 is 52.7 Å². The number of carbonyl (C=O) groups is 3. The summed E-state index contributed by atoms with van der Waals surface area (Å²) in [7, 11) is 0. The highest BCUT2D eigenvalue weighted by Gasteiger charge is 2.62. The molecule has 0 aromatic heterocycles. The number of hydrogen-bond acceptors (Lipinski definition) is 8. The number of ketones is 2. The number of hydrogen-bond donors (Lipinski definition) is 6. The number of aliphatic hydroxyl groups excluding tert-OH is 2. The van der Waals surface area contributed by atoms with E-state index in [0.29, 0.717) is 25.1 Å². The lowest BCUT2D eigenvalue weighted by Crippen LogP contribution is -2.63. The molecule has 0 bridgehead atoms. The van der Waals surface area contributed by atoms with Crippen molar-refractivity contribution in [2.45, 2.75) is 44.1 Å². The van der Waals surface area contributed by atoms with Crippen LogP contribution in [-0.4, -0.2) is 49.6 Å². The molecule has 2 unspecified atom stereocenters. The van der Waals surface area contributed by atoms with Crippen LogP contribution in [0, 0.1) is 17.8 Å². The average molecular weight is 493 g/mol. The van der Waals surface area contributed by atoms with Crippen LogP contribution < -0.4 is 11.1 Å². The molecule has 36 heavy (non-hydrogen) atoms. The van der Waals surface area contributed by atoms with Gasteiger partial charge in [0.1, 0.15) is 17.4 Å². The molecule has 2 aromatic carbocycles. The van der Waals surface area contributed by atoms with Gasteiger partial charge in [-0.25, -0.2) is 0 Å². The molecule has 1 amide bonds. The minimum Gasteiger partial charge on any atom is -0.508 e. The van der Waals surface area contributed by atoms with Crippen LogP contribution in [0.4, 0.5) is 0 Å². The van der Waals surface area contributed by atoms with Crippen molar-refractivity contribution in [2.75, 3.05) is 0 Å². The number of Topliss-reactive ketones (excluding diaryl/α,β-unsaturated/α-hetero) is 2. The van der Waals surface area contributed by atoms with Crippen LogP contribution in [0.2, 0.25) is 0 Å². The molecule has 2 aromatic rings. The van der Waals surface area contributed by atoms with Gasteiger partial charge in [0.25, 0.3) is 0 Å². The van der Waals surface area contributed by atoms with Crippen molar-refractivity contribution >= 4 is 17.5 Å². The van der Waals surface area contributed by atoms with Gasteiger partial charge < -0.3 is 31.5 Å². The van der Waals surface area contributed by atoms with Crippen molar-refractivity contribution < 1.29 is 34.8 Å². The number of carbonyl (C=O) groups excluding carboxylic acids is 3. The number of aliphatic hydroxyl groups is 3. The van der Waals surface area contributed by atoms with Crippen LogP contribution in [-0.2, 0) is 29.1 Å². The van der Waals surface area contributed by atoms with Gasteiger partial charge in [-0.1, -0.05) is 36.4 Å². The monoisotopic (exact) mass is 492 g/mol. The molecule has 9 nitrogen and oxygen atoms in total. The molecule has 9 heteroatoms. The minimum atomic E-state index is -2.50. The minimum absolute atomic E-state index is 0.0311. The third kappa shape index (κ3) is 3.62. The summed E-state index contributed by atoms with van der Waals surface area (Å²) < 4.78 is 0. The van der Waals surface area contributed by atoms with Crippen molar-refractivity contribution in [3.8, 4) is 5.75 Å². The second kappa shape index (κ2) is 8.85. The molecule has 0 saturated heterocycles. The van der Waals surface area contributed by atoms with Gasteiger partial charge in [-0.3, -0.25) is 14.4 Å². The second-order valence-electron chi connectivity index (χ2n) is 9.93. The van der Waals surface area contributed by atoms with E-state index in [-0.39, 0.29) is 29.7 Å². The molecule has 3 aliphatic rings. The third-order valence-electron chi connectivity index (χ3n) is 7.86. The average Bonchev–Trinajstić information content (AvgIpc) is 2.83. The number of primary amides is 1. The van der Waals surface area contributed by atoms with Crippen LogP contribution in [0.15, 0.2) is 53.8 Å². The van der Waals surface area contributed by atoms with Crippen molar-refractivity contribution in [3.05, 3.63) is 76.1 Å². The highest BCUT2D eigenvalue weighted by molar-refractivity contribution is 6.15. The zero-order chi connectivity index (χ0) is 25.8. The molecule has 1 fully saturated rings. The van der Waals surface area contributed by atoms with Crippen LogP contribution >= 0.6 is 0 Å². The first-order valence-electron chi connectivity index (χ1n) is 11.9. The molecular formula is C27H28N2O7. The summed E-state index contributed by atoms with van der Waals surface area (Å²) in [5.74, 6) is -7.06. The van der Waals surface area contributed by atoms with Gasteiger partial charge in [0, 0.05) is 24.6 Å². The van der Waals surface area contributed by atoms with Crippen LogP contribution in [0.3, 0.4) is 0 Å². The van der Waals surface area contributed by atoms with Gasteiger partial charge in [-0.05, 0) is 47.9 Å². The molecule has 7 N–H and O–H groups in total. The van der Waals surface area contributed by atoms with E-state index in [1.54, 1.807) is 6.07 Å². The largest absolute Gasteiger partial charge is 0.508 e. The molecule has 3 aliphatic carbocycles. The number of amides is 1. The summed E-state index contributed by atoms with van der Waals surface area (Å²) >= 11 is 0. The van der Waals surface area contributed by atoms with Crippen molar-refractivity contribution in [3.63, 3.8) is 0 Å². The van der Waals surface area contributed by atoms with Gasteiger partial charge >= 0.3 is 0 Å². The molecule has 188 valence electrons. The number of benzene rings is 2. The number of rotatable bonds is 5. The predicted octanol–water partition coefficient (Wildman–Crippen LogP) is 1.04. The Kier molecular flexibility index (Phi) is 5.94. The van der Waals surface area contributed by atoms with Crippen molar-refractivity contribution in [1.82, 2.24) is 5.32 Å². The predicted molar refractivity (Wildman–Crippen MR) is 128 cm³/mol. The Morgan fingerprint density at radius 3 is 2.47 bits per heavy atom. The standard InChI is InChI=1S/C27H28N2O7/c28-26(35)22-19(31)10-16-8-15-9-17-14(12-29-11-13-4-2-1-3-5-13)6-7-18(30)21(17)23(32)20(15)24(33)27(16,36)25(22)34/h1-7,15-16,19,22,29-31,33,36H,8-12H2,(H2,28,35)/t15-,16+,19?,22?,27+/m1/s1. The third-order valence-corrected chi connectivity index (χ3v) is 7.86. The fourth-order valence-corrected chi connectivity index (χ4v) is 6.09. The second-order valence-corrected chi connectivity index (χ2v) is 9.93. The molecule has 0 aliphatic heterocycles. The summed E-state index contributed by atoms with van der Waals surface area (Å²) in [6, 6.07) is 13.0. The number of nitrogens with one attached hydrogen (secondary N) is 1. The Hall–Kier alpha value is -3.53. The number of nitrogens with two attached hydrogens (primary N) is 1. The Morgan fingerprint density at radius 2 is 1.78 bits per heavy atom. The van der Waals surface area contributed by atoms with Gasteiger partial charge in [-0.2, -0.15) is 0 Å². The number of allylic oxidation sites excluding steroid dienone is 1. The molecule has 1 saturated carbocycles. The zero-order valence-corrected chi connectivity index (χ0v) is 19.5. The van der Waals surface area contributed by atoms with Crippen LogP contribution in [0.5, 0.6) is 5.75 Å². The maximum Gasteiger partial charge on any atom is 0.230 e. The Labute approximate surface area is 207 Å². The van der Waals surface area contributed by atoms with Gasteiger partial charge in [0.2, 0.25) is 5.91 Å². The maximum absolute atomic E-state index is 13.6. The van der Waals surface area contributed by atoms with E-state index >= 15 is 0 Å². The first-order chi connectivity index (χ1) is 17.1. The van der Waals surface area contributed by atoms with Crippen molar-refractivity contribution in [2.24, 2.45) is 23.5 Å². The first kappa shape index (κ1) is 24.2. The maximum atomic E-state index is 13.6. The lowest BCUT2D eigenvalue weighted by Gasteiger charge is -2.48. The van der Waals surface area contributed by atoms with Crippen molar-refractivity contribution in [1.29, 1.82) is 0 Å². The highest BCUT2D eigenvalue weighted by Crippen LogP contribution is 2.51. The number of phenols is 1. The summed E-state index contributed by atoms with van der Waals surface area (Å²) in [6.07, 6.45) is -1.08. The van der Waals surface area contributed by atoms with E-state index in [4.69, 9.17) is 5.73 Å². The van der Waals surface area contributed by atoms with E-state index in [1.807, 2.05) is 30.3 Å². The smallest absolute Gasteiger partial charge is 0.230 e. The van der Waals surface area contributed by atoms with E-state index in [9.17, 15) is 34.8 Å². The number of aromatic hydroxyl groups is 1. The van der Waals surface area contributed by atoms with Gasteiger partial charge in [0.05, 0.1) is 11.7 Å². The van der Waals surface area contributed by atoms with E-state index in [2.05, 4.69) is 5.32 Å². The molecule has 0 radical (unpaired) electrons. The normalized spacial score (nSPS) is 29.4. The lowest BCUT2D eigenvalue weighted by molar-refractivity contribution is -0.167. The van der Waals surface area contributed by atoms with E-state index in [0.717, 1.165) is 11.1 Å². The van der Waals surface area contributed by atoms with Crippen LogP contribution in [0.1, 0.15) is 39.9 Å². The molecule has 5 atom stereocenters. The van der Waals surface area contributed by atoms with Gasteiger partial charge in [0.15, 0.2) is 17.2 Å².